The fourth-order valence-electron chi connectivity index (χ4n) is 2.79. The minimum Gasteiger partial charge on any atom is -0.317 e. The Labute approximate surface area is 123 Å². The Balaban J connectivity index is 1.52. The van der Waals surface area contributed by atoms with E-state index in [1.165, 1.54) is 17.5 Å². The average Bonchev–Trinajstić information content (AvgIpc) is 2.88. The summed E-state index contributed by atoms with van der Waals surface area (Å²) in [4.78, 5) is 16.6. The number of nitrogens with zero attached hydrogens (tertiary/aromatic N) is 1. The number of carbonyl (C=O) groups excluding carboxylic acids is 1. The maximum absolute atomic E-state index is 12.1. The highest BCUT2D eigenvalue weighted by atomic mass is 32.1. The van der Waals surface area contributed by atoms with Crippen LogP contribution < -0.4 is 5.32 Å². The van der Waals surface area contributed by atoms with Crippen molar-refractivity contribution >= 4 is 27.3 Å². The van der Waals surface area contributed by atoms with Gasteiger partial charge in [0.05, 0.1) is 16.6 Å². The Morgan fingerprint density at radius 1 is 1.30 bits per heavy atom. The number of thiazole rings is 1. The molecular formula is C16H20N2OS. The third-order valence-electron chi connectivity index (χ3n) is 3.98. The van der Waals surface area contributed by atoms with Gasteiger partial charge in [-0.05, 0) is 50.4 Å². The van der Waals surface area contributed by atoms with Gasteiger partial charge >= 0.3 is 0 Å². The fraction of sp³-hybridized carbons (Fsp3) is 0.500. The van der Waals surface area contributed by atoms with Crippen LogP contribution in [0.15, 0.2) is 24.3 Å². The molecule has 1 aromatic heterocycles. The summed E-state index contributed by atoms with van der Waals surface area (Å²) in [5.74, 6) is 1.07. The topological polar surface area (TPSA) is 42.0 Å². The lowest BCUT2D eigenvalue weighted by molar-refractivity contribution is -0.118. The van der Waals surface area contributed by atoms with Crippen molar-refractivity contribution in [3.8, 4) is 0 Å². The number of rotatable bonds is 5. The van der Waals surface area contributed by atoms with Crippen molar-refractivity contribution in [3.05, 3.63) is 29.3 Å². The van der Waals surface area contributed by atoms with E-state index in [-0.39, 0.29) is 0 Å². The number of Topliss-reactive ketones (excluding diaryl/α,β-unsaturated/α-hetero) is 1. The molecule has 0 amide bonds. The lowest BCUT2D eigenvalue weighted by Gasteiger charge is -2.21. The molecule has 0 spiro atoms. The molecule has 3 rings (SSSR count). The first-order valence-corrected chi connectivity index (χ1v) is 8.20. The summed E-state index contributed by atoms with van der Waals surface area (Å²) in [5, 5.41) is 4.32. The summed E-state index contributed by atoms with van der Waals surface area (Å²) in [6, 6.07) is 8.08. The molecule has 1 aliphatic heterocycles. The molecule has 0 atom stereocenters. The van der Waals surface area contributed by atoms with Gasteiger partial charge in [-0.15, -0.1) is 11.3 Å². The van der Waals surface area contributed by atoms with Crippen molar-refractivity contribution in [1.82, 2.24) is 10.3 Å². The second kappa shape index (κ2) is 6.46. The normalized spacial score (nSPS) is 16.6. The Bertz CT molecular complexity index is 554. The first-order valence-electron chi connectivity index (χ1n) is 7.38. The molecule has 2 aromatic rings. The van der Waals surface area contributed by atoms with Gasteiger partial charge in [-0.3, -0.25) is 4.79 Å². The molecule has 106 valence electrons. The van der Waals surface area contributed by atoms with Gasteiger partial charge in [0.25, 0.3) is 0 Å². The Morgan fingerprint density at radius 2 is 2.10 bits per heavy atom. The van der Waals surface area contributed by atoms with Gasteiger partial charge in [0.2, 0.25) is 0 Å². The summed E-state index contributed by atoms with van der Waals surface area (Å²) >= 11 is 1.65. The molecule has 20 heavy (non-hydrogen) atoms. The number of aromatic nitrogens is 1. The SMILES string of the molecule is O=C(CCC1CCNCC1)Cc1nc2ccccc2s1. The average molecular weight is 288 g/mol. The zero-order valence-electron chi connectivity index (χ0n) is 11.6. The first kappa shape index (κ1) is 13.7. The third kappa shape index (κ3) is 3.44. The van der Waals surface area contributed by atoms with E-state index in [1.54, 1.807) is 11.3 Å². The van der Waals surface area contributed by atoms with Gasteiger partial charge < -0.3 is 5.32 Å². The Kier molecular flexibility index (Phi) is 4.43. The number of hydrogen-bond donors (Lipinski definition) is 1. The smallest absolute Gasteiger partial charge is 0.139 e. The molecule has 1 N–H and O–H groups in total. The number of benzene rings is 1. The second-order valence-corrected chi connectivity index (χ2v) is 6.64. The highest BCUT2D eigenvalue weighted by Crippen LogP contribution is 2.23. The number of fused-ring (bicyclic) bond motifs is 1. The van der Waals surface area contributed by atoms with Crippen LogP contribution in [0.4, 0.5) is 0 Å². The molecule has 0 bridgehead atoms. The molecule has 1 aliphatic rings. The molecule has 0 radical (unpaired) electrons. The van der Waals surface area contributed by atoms with E-state index in [4.69, 9.17) is 0 Å². The van der Waals surface area contributed by atoms with E-state index in [1.807, 2.05) is 18.2 Å². The maximum Gasteiger partial charge on any atom is 0.139 e. The lowest BCUT2D eigenvalue weighted by atomic mass is 9.92. The highest BCUT2D eigenvalue weighted by molar-refractivity contribution is 7.18. The predicted molar refractivity (Wildman–Crippen MR) is 83.2 cm³/mol. The molecule has 2 heterocycles. The maximum atomic E-state index is 12.1. The summed E-state index contributed by atoms with van der Waals surface area (Å²) in [5.41, 5.74) is 1.01. The van der Waals surface area contributed by atoms with E-state index in [0.717, 1.165) is 36.0 Å². The number of para-hydroxylation sites is 1. The van der Waals surface area contributed by atoms with Gasteiger partial charge in [-0.2, -0.15) is 0 Å². The van der Waals surface area contributed by atoms with E-state index < -0.39 is 0 Å². The van der Waals surface area contributed by atoms with E-state index in [0.29, 0.717) is 18.6 Å². The van der Waals surface area contributed by atoms with Crippen molar-refractivity contribution in [2.45, 2.75) is 32.1 Å². The fourth-order valence-corrected chi connectivity index (χ4v) is 3.78. The number of piperidine rings is 1. The summed E-state index contributed by atoms with van der Waals surface area (Å²) in [7, 11) is 0. The molecule has 3 nitrogen and oxygen atoms in total. The molecule has 1 aromatic carbocycles. The summed E-state index contributed by atoms with van der Waals surface area (Å²) < 4.78 is 1.17. The Hall–Kier alpha value is -1.26. The van der Waals surface area contributed by atoms with Gasteiger partial charge in [0.1, 0.15) is 10.8 Å². The van der Waals surface area contributed by atoms with Crippen LogP contribution in [-0.2, 0) is 11.2 Å². The zero-order valence-corrected chi connectivity index (χ0v) is 12.4. The van der Waals surface area contributed by atoms with Crippen molar-refractivity contribution in [3.63, 3.8) is 0 Å². The van der Waals surface area contributed by atoms with Gasteiger partial charge in [-0.25, -0.2) is 4.98 Å². The van der Waals surface area contributed by atoms with Gasteiger partial charge in [-0.1, -0.05) is 12.1 Å². The van der Waals surface area contributed by atoms with Crippen LogP contribution in [0.1, 0.15) is 30.7 Å². The number of ketones is 1. The van der Waals surface area contributed by atoms with E-state index >= 15 is 0 Å². The standard InChI is InChI=1S/C16H20N2OS/c19-13(6-5-12-7-9-17-10-8-12)11-16-18-14-3-1-2-4-15(14)20-16/h1-4,12,17H,5-11H2. The van der Waals surface area contributed by atoms with E-state index in [9.17, 15) is 4.79 Å². The quantitative estimate of drug-likeness (QED) is 0.918. The van der Waals surface area contributed by atoms with Crippen LogP contribution in [-0.4, -0.2) is 23.9 Å². The van der Waals surface area contributed by atoms with Crippen molar-refractivity contribution in [2.75, 3.05) is 13.1 Å². The summed E-state index contributed by atoms with van der Waals surface area (Å²) in [6.07, 6.45) is 4.69. The molecule has 0 unspecified atom stereocenters. The second-order valence-electron chi connectivity index (χ2n) is 5.52. The lowest BCUT2D eigenvalue weighted by Crippen LogP contribution is -2.28. The minimum atomic E-state index is 0.336. The van der Waals surface area contributed by atoms with Crippen LogP contribution in [0.25, 0.3) is 10.2 Å². The monoisotopic (exact) mass is 288 g/mol. The molecule has 1 fully saturated rings. The van der Waals surface area contributed by atoms with Crippen LogP contribution >= 0.6 is 11.3 Å². The molecule has 0 aliphatic carbocycles. The van der Waals surface area contributed by atoms with Gasteiger partial charge in [0, 0.05) is 6.42 Å². The van der Waals surface area contributed by atoms with Crippen molar-refractivity contribution in [2.24, 2.45) is 5.92 Å². The molecule has 0 saturated carbocycles. The number of carbonyl (C=O) groups is 1. The van der Waals surface area contributed by atoms with Crippen LogP contribution in [0.2, 0.25) is 0 Å². The van der Waals surface area contributed by atoms with Crippen molar-refractivity contribution in [1.29, 1.82) is 0 Å². The van der Waals surface area contributed by atoms with Crippen LogP contribution in [0, 0.1) is 5.92 Å². The highest BCUT2D eigenvalue weighted by Gasteiger charge is 2.15. The zero-order chi connectivity index (χ0) is 13.8. The van der Waals surface area contributed by atoms with Crippen LogP contribution in [0.5, 0.6) is 0 Å². The third-order valence-corrected chi connectivity index (χ3v) is 5.01. The minimum absolute atomic E-state index is 0.336. The van der Waals surface area contributed by atoms with Gasteiger partial charge in [0.15, 0.2) is 0 Å². The summed E-state index contributed by atoms with van der Waals surface area (Å²) in [6.45, 7) is 2.22. The first-order chi connectivity index (χ1) is 9.81. The van der Waals surface area contributed by atoms with Crippen LogP contribution in [0.3, 0.4) is 0 Å². The molecule has 4 heteroatoms. The number of hydrogen-bond acceptors (Lipinski definition) is 4. The predicted octanol–water partition coefficient (Wildman–Crippen LogP) is 3.19. The van der Waals surface area contributed by atoms with E-state index in [2.05, 4.69) is 16.4 Å². The molecular weight excluding hydrogens is 268 g/mol. The Morgan fingerprint density at radius 3 is 2.90 bits per heavy atom. The number of nitrogens with one attached hydrogen (secondary N) is 1. The van der Waals surface area contributed by atoms with Crippen molar-refractivity contribution < 1.29 is 4.79 Å². The molecule has 1 saturated heterocycles. The largest absolute Gasteiger partial charge is 0.317 e.